The summed E-state index contributed by atoms with van der Waals surface area (Å²) >= 11 is 0. The summed E-state index contributed by atoms with van der Waals surface area (Å²) in [5, 5.41) is 0. The van der Waals surface area contributed by atoms with Crippen LogP contribution in [0.2, 0.25) is 0 Å². The Morgan fingerprint density at radius 3 is 1.33 bits per heavy atom. The van der Waals surface area contributed by atoms with Gasteiger partial charge in [0.2, 0.25) is 0 Å². The molecule has 0 fully saturated rings. The fraction of sp³-hybridized carbons (Fsp3) is 0.455. The van der Waals surface area contributed by atoms with E-state index in [9.17, 15) is 0 Å². The number of benzene rings is 1. The zero-order valence-electron chi connectivity index (χ0n) is 10.7. The third-order valence-corrected chi connectivity index (χ3v) is 1.37. The molecule has 0 spiro atoms. The first-order valence-corrected chi connectivity index (χ1v) is 4.45. The fourth-order valence-corrected chi connectivity index (χ4v) is 0.534. The van der Waals surface area contributed by atoms with Crippen LogP contribution in [-0.4, -0.2) is 40.6 Å². The van der Waals surface area contributed by atoms with Crippen molar-refractivity contribution in [1.82, 2.24) is 5.43 Å². The maximum atomic E-state index is 5.06. The summed E-state index contributed by atoms with van der Waals surface area (Å²) in [4.78, 5) is 0. The average Bonchev–Trinajstić information content (AvgIpc) is 2.06. The van der Waals surface area contributed by atoms with Gasteiger partial charge in [0.25, 0.3) is 0 Å². The van der Waals surface area contributed by atoms with Crippen molar-refractivity contribution in [3.63, 3.8) is 0 Å². The number of hydrogen-bond donors (Lipinski definition) is 2. The van der Waals surface area contributed by atoms with Crippen molar-refractivity contribution < 1.29 is 5.48 Å². The summed E-state index contributed by atoms with van der Waals surface area (Å²) in [5.74, 6) is 5.06. The number of halogens is 3. The van der Waals surface area contributed by atoms with Crippen LogP contribution < -0.4 is 11.3 Å². The van der Waals surface area contributed by atoms with Gasteiger partial charge in [0.05, 0.1) is 0 Å². The van der Waals surface area contributed by atoms with Crippen molar-refractivity contribution in [2.24, 2.45) is 5.84 Å². The average molecular weight is 332 g/mol. The Hall–Kier alpha value is 0.970. The molecule has 0 aromatic heterocycles. The van der Waals surface area contributed by atoms with E-state index in [1.807, 2.05) is 39.0 Å². The number of rotatable bonds is 0. The van der Waals surface area contributed by atoms with Gasteiger partial charge in [-0.15, -0.1) is 37.2 Å². The minimum absolute atomic E-state index is 0. The summed E-state index contributed by atoms with van der Waals surface area (Å²) in [6, 6.07) is 10.3. The van der Waals surface area contributed by atoms with Crippen LogP contribution in [0.15, 0.2) is 30.3 Å². The number of hydrazine groups is 1. The van der Waals surface area contributed by atoms with Crippen LogP contribution in [0.25, 0.3) is 0 Å². The Bertz CT molecular complexity index is 233. The van der Waals surface area contributed by atoms with Crippen molar-refractivity contribution in [3.05, 3.63) is 35.9 Å². The standard InChI is InChI=1S/C7H8.C4H12N2.3ClH.Na.H2O.H/c1-7-5-3-2-4-6-7;1-4(2,3)6-5;;;;;;/h2-6H,1H3;6H,5H2,1-3H3;3*1H;;1H2;. The molecule has 1 aromatic carbocycles. The van der Waals surface area contributed by atoms with E-state index in [1.54, 1.807) is 0 Å². The van der Waals surface area contributed by atoms with E-state index in [1.165, 1.54) is 5.56 Å². The number of aryl methyl sites for hydroxylation is 1. The first-order chi connectivity index (χ1) is 5.95. The summed E-state index contributed by atoms with van der Waals surface area (Å²) in [5.41, 5.74) is 4.00. The second-order valence-corrected chi connectivity index (χ2v) is 4.05. The van der Waals surface area contributed by atoms with Gasteiger partial charge in [-0.3, -0.25) is 11.3 Å². The van der Waals surface area contributed by atoms with Crippen LogP contribution in [0.5, 0.6) is 0 Å². The molecule has 0 atom stereocenters. The Morgan fingerprint density at radius 2 is 1.22 bits per heavy atom. The van der Waals surface area contributed by atoms with E-state index in [4.69, 9.17) is 5.84 Å². The predicted octanol–water partition coefficient (Wildman–Crippen LogP) is 2.04. The van der Waals surface area contributed by atoms with Gasteiger partial charge in [0.15, 0.2) is 0 Å². The molecule has 1 rings (SSSR count). The maximum absolute atomic E-state index is 5.06. The predicted molar refractivity (Wildman–Crippen MR) is 90.8 cm³/mol. The number of hydrogen-bond acceptors (Lipinski definition) is 2. The summed E-state index contributed by atoms with van der Waals surface area (Å²) in [7, 11) is 0. The van der Waals surface area contributed by atoms with Crippen LogP contribution in [0.3, 0.4) is 0 Å². The first-order valence-electron chi connectivity index (χ1n) is 4.45. The van der Waals surface area contributed by atoms with Crippen molar-refractivity contribution >= 4 is 66.8 Å². The normalized spacial score (nSPS) is 7.39. The van der Waals surface area contributed by atoms with E-state index >= 15 is 0 Å². The second kappa shape index (κ2) is 20.3. The monoisotopic (exact) mass is 330 g/mol. The number of nitrogens with one attached hydrogen (secondary N) is 1. The SMILES string of the molecule is CC(C)(C)NN.Cc1ccccc1.Cl.Cl.Cl.O.[NaH]. The molecule has 0 unspecified atom stereocenters. The first kappa shape index (κ1) is 36.4. The molecule has 0 saturated heterocycles. The number of nitrogens with two attached hydrogens (primary N) is 1. The molecule has 108 valence electrons. The van der Waals surface area contributed by atoms with Gasteiger partial charge in [0.1, 0.15) is 0 Å². The minimum atomic E-state index is 0. The Morgan fingerprint density at radius 1 is 0.944 bits per heavy atom. The van der Waals surface area contributed by atoms with E-state index in [0.29, 0.717) is 0 Å². The van der Waals surface area contributed by atoms with Crippen LogP contribution in [0.1, 0.15) is 26.3 Å². The Balaban J connectivity index is -0.0000000316. The van der Waals surface area contributed by atoms with Crippen molar-refractivity contribution in [2.75, 3.05) is 0 Å². The van der Waals surface area contributed by atoms with Crippen LogP contribution in [-0.2, 0) is 0 Å². The topological polar surface area (TPSA) is 69.5 Å². The molecule has 18 heavy (non-hydrogen) atoms. The van der Waals surface area contributed by atoms with Gasteiger partial charge in [-0.1, -0.05) is 35.9 Å². The van der Waals surface area contributed by atoms with Gasteiger partial charge in [-0.05, 0) is 27.7 Å². The molecule has 0 aliphatic rings. The third kappa shape index (κ3) is 30.2. The molecule has 3 nitrogen and oxygen atoms in total. The fourth-order valence-electron chi connectivity index (χ4n) is 0.534. The molecule has 0 bridgehead atoms. The molecule has 0 amide bonds. The molecular weight excluding hydrogens is 305 g/mol. The summed E-state index contributed by atoms with van der Waals surface area (Å²) in [6.07, 6.45) is 0. The van der Waals surface area contributed by atoms with Crippen LogP contribution in [0, 0.1) is 6.92 Å². The molecule has 0 saturated carbocycles. The Labute approximate surface area is 151 Å². The van der Waals surface area contributed by atoms with E-state index in [-0.39, 0.29) is 77.8 Å². The zero-order chi connectivity index (χ0) is 10.3. The van der Waals surface area contributed by atoms with Crippen LogP contribution >= 0.6 is 37.2 Å². The zero-order valence-corrected chi connectivity index (χ0v) is 13.1. The molecule has 0 aliphatic heterocycles. The van der Waals surface area contributed by atoms with E-state index in [0.717, 1.165) is 0 Å². The van der Waals surface area contributed by atoms with Crippen molar-refractivity contribution in [3.8, 4) is 0 Å². The summed E-state index contributed by atoms with van der Waals surface area (Å²) in [6.45, 7) is 8.10. The molecule has 1 aromatic rings. The van der Waals surface area contributed by atoms with Crippen LogP contribution in [0.4, 0.5) is 0 Å². The molecular formula is C11H26Cl3N2NaO. The van der Waals surface area contributed by atoms with Crippen molar-refractivity contribution in [1.29, 1.82) is 0 Å². The van der Waals surface area contributed by atoms with Gasteiger partial charge < -0.3 is 5.48 Å². The van der Waals surface area contributed by atoms with Gasteiger partial charge in [0, 0.05) is 5.54 Å². The third-order valence-electron chi connectivity index (χ3n) is 1.37. The molecule has 0 heterocycles. The van der Waals surface area contributed by atoms with E-state index in [2.05, 4.69) is 24.5 Å². The second-order valence-electron chi connectivity index (χ2n) is 4.05. The van der Waals surface area contributed by atoms with Gasteiger partial charge >= 0.3 is 29.6 Å². The van der Waals surface area contributed by atoms with Gasteiger partial charge in [-0.2, -0.15) is 0 Å². The molecule has 5 N–H and O–H groups in total. The quantitative estimate of drug-likeness (QED) is 0.434. The summed E-state index contributed by atoms with van der Waals surface area (Å²) < 4.78 is 0. The molecule has 7 heteroatoms. The van der Waals surface area contributed by atoms with E-state index < -0.39 is 0 Å². The van der Waals surface area contributed by atoms with Gasteiger partial charge in [-0.25, -0.2) is 0 Å². The molecule has 0 aliphatic carbocycles. The Kier molecular flexibility index (Phi) is 41.0. The molecule has 0 radical (unpaired) electrons. The van der Waals surface area contributed by atoms with Crippen molar-refractivity contribution in [2.45, 2.75) is 33.2 Å².